The number of carbonyl (C=O) groups is 1. The molecule has 4 nitrogen and oxygen atoms in total. The van der Waals surface area contributed by atoms with Crippen molar-refractivity contribution in [2.75, 3.05) is 7.11 Å². The molecule has 1 aliphatic carbocycles. The fourth-order valence-electron chi connectivity index (χ4n) is 3.07. The lowest BCUT2D eigenvalue weighted by Crippen LogP contribution is -2.01. The SMILES string of the molecule is COC(=O)c1ccc(-c2cccc3c2C(ON=C(C)C)CC3)cc1. The van der Waals surface area contributed by atoms with E-state index in [9.17, 15) is 4.79 Å². The number of ether oxygens (including phenoxy) is 1. The summed E-state index contributed by atoms with van der Waals surface area (Å²) in [6, 6.07) is 13.8. The van der Waals surface area contributed by atoms with E-state index in [2.05, 4.69) is 23.4 Å². The average Bonchev–Trinajstić information content (AvgIpc) is 3.02. The number of oxime groups is 1. The number of aryl methyl sites for hydroxylation is 1. The summed E-state index contributed by atoms with van der Waals surface area (Å²) in [5, 5.41) is 4.14. The van der Waals surface area contributed by atoms with Crippen LogP contribution in [-0.4, -0.2) is 18.8 Å². The zero-order valence-electron chi connectivity index (χ0n) is 14.2. The zero-order chi connectivity index (χ0) is 17.1. The Morgan fingerprint density at radius 2 is 1.88 bits per heavy atom. The molecule has 1 aliphatic rings. The third-order valence-electron chi connectivity index (χ3n) is 4.17. The number of carbonyl (C=O) groups excluding carboxylic acids is 1. The van der Waals surface area contributed by atoms with Crippen molar-refractivity contribution in [3.8, 4) is 11.1 Å². The summed E-state index contributed by atoms with van der Waals surface area (Å²) in [7, 11) is 1.39. The average molecular weight is 323 g/mol. The van der Waals surface area contributed by atoms with Gasteiger partial charge in [-0.15, -0.1) is 0 Å². The van der Waals surface area contributed by atoms with Gasteiger partial charge in [0.15, 0.2) is 6.10 Å². The molecular formula is C20H21NO3. The largest absolute Gasteiger partial charge is 0.465 e. The van der Waals surface area contributed by atoms with E-state index in [1.165, 1.54) is 18.2 Å². The molecule has 0 saturated carbocycles. The maximum atomic E-state index is 11.6. The van der Waals surface area contributed by atoms with Crippen molar-refractivity contribution in [3.63, 3.8) is 0 Å². The molecule has 4 heteroatoms. The monoisotopic (exact) mass is 323 g/mol. The Morgan fingerprint density at radius 3 is 2.54 bits per heavy atom. The number of benzene rings is 2. The molecule has 24 heavy (non-hydrogen) atoms. The maximum absolute atomic E-state index is 11.6. The van der Waals surface area contributed by atoms with Crippen molar-refractivity contribution >= 4 is 11.7 Å². The van der Waals surface area contributed by atoms with Crippen molar-refractivity contribution < 1.29 is 14.4 Å². The van der Waals surface area contributed by atoms with Crippen molar-refractivity contribution in [2.45, 2.75) is 32.8 Å². The van der Waals surface area contributed by atoms with Gasteiger partial charge in [-0.2, -0.15) is 0 Å². The highest BCUT2D eigenvalue weighted by atomic mass is 16.6. The first-order valence-electron chi connectivity index (χ1n) is 8.07. The van der Waals surface area contributed by atoms with Gasteiger partial charge in [0.2, 0.25) is 0 Å². The van der Waals surface area contributed by atoms with Crippen LogP contribution >= 0.6 is 0 Å². The molecule has 0 aliphatic heterocycles. The van der Waals surface area contributed by atoms with Crippen LogP contribution in [0.5, 0.6) is 0 Å². The van der Waals surface area contributed by atoms with Gasteiger partial charge in [0, 0.05) is 5.56 Å². The highest BCUT2D eigenvalue weighted by Crippen LogP contribution is 2.40. The molecule has 0 N–H and O–H groups in total. The smallest absolute Gasteiger partial charge is 0.337 e. The van der Waals surface area contributed by atoms with Gasteiger partial charge in [0.25, 0.3) is 0 Å². The second-order valence-corrected chi connectivity index (χ2v) is 6.12. The van der Waals surface area contributed by atoms with Crippen molar-refractivity contribution in [2.24, 2.45) is 5.16 Å². The molecule has 2 aromatic rings. The van der Waals surface area contributed by atoms with Crippen LogP contribution in [0.1, 0.15) is 47.9 Å². The molecule has 3 rings (SSSR count). The first-order chi connectivity index (χ1) is 11.6. The Kier molecular flexibility index (Phi) is 4.65. The molecule has 0 radical (unpaired) electrons. The number of hydrogen-bond donors (Lipinski definition) is 0. The van der Waals surface area contributed by atoms with Gasteiger partial charge in [-0.25, -0.2) is 4.79 Å². The van der Waals surface area contributed by atoms with Gasteiger partial charge in [-0.05, 0) is 55.5 Å². The summed E-state index contributed by atoms with van der Waals surface area (Å²) >= 11 is 0. The summed E-state index contributed by atoms with van der Waals surface area (Å²) < 4.78 is 4.75. The molecule has 0 bridgehead atoms. The molecule has 0 saturated heterocycles. The highest BCUT2D eigenvalue weighted by molar-refractivity contribution is 5.90. The lowest BCUT2D eigenvalue weighted by atomic mass is 9.95. The fraction of sp³-hybridized carbons (Fsp3) is 0.300. The number of esters is 1. The molecule has 0 fully saturated rings. The maximum Gasteiger partial charge on any atom is 0.337 e. The predicted octanol–water partition coefficient (Wildman–Crippen LogP) is 4.54. The Hall–Kier alpha value is -2.62. The molecule has 2 aromatic carbocycles. The van der Waals surface area contributed by atoms with Gasteiger partial charge in [0.1, 0.15) is 0 Å². The topological polar surface area (TPSA) is 47.9 Å². The van der Waals surface area contributed by atoms with E-state index < -0.39 is 0 Å². The van der Waals surface area contributed by atoms with Crippen molar-refractivity contribution in [3.05, 3.63) is 59.2 Å². The van der Waals surface area contributed by atoms with Crippen LogP contribution in [0.2, 0.25) is 0 Å². The first kappa shape index (κ1) is 16.2. The van der Waals surface area contributed by atoms with Crippen LogP contribution in [0.4, 0.5) is 0 Å². The van der Waals surface area contributed by atoms with Gasteiger partial charge in [-0.3, -0.25) is 0 Å². The lowest BCUT2D eigenvalue weighted by molar-refractivity contribution is 0.0597. The summed E-state index contributed by atoms with van der Waals surface area (Å²) in [6.45, 7) is 3.85. The van der Waals surface area contributed by atoms with Crippen LogP contribution < -0.4 is 0 Å². The van der Waals surface area contributed by atoms with Gasteiger partial charge in [0.05, 0.1) is 18.4 Å². The summed E-state index contributed by atoms with van der Waals surface area (Å²) in [4.78, 5) is 17.3. The van der Waals surface area contributed by atoms with E-state index in [4.69, 9.17) is 9.57 Å². The van der Waals surface area contributed by atoms with Crippen molar-refractivity contribution in [1.29, 1.82) is 0 Å². The number of rotatable bonds is 4. The lowest BCUT2D eigenvalue weighted by Gasteiger charge is -2.15. The van der Waals surface area contributed by atoms with E-state index in [-0.39, 0.29) is 12.1 Å². The van der Waals surface area contributed by atoms with Gasteiger partial charge in [-0.1, -0.05) is 35.5 Å². The summed E-state index contributed by atoms with van der Waals surface area (Å²) in [5.41, 5.74) is 6.16. The van der Waals surface area contributed by atoms with E-state index in [1.54, 1.807) is 12.1 Å². The molecule has 1 atom stereocenters. The number of nitrogens with zero attached hydrogens (tertiary/aromatic N) is 1. The minimum atomic E-state index is -0.325. The van der Waals surface area contributed by atoms with Crippen LogP contribution in [-0.2, 0) is 16.0 Å². The van der Waals surface area contributed by atoms with Gasteiger partial charge >= 0.3 is 5.97 Å². The molecular weight excluding hydrogens is 302 g/mol. The quantitative estimate of drug-likeness (QED) is 0.471. The van der Waals surface area contributed by atoms with Crippen LogP contribution in [0.3, 0.4) is 0 Å². The molecule has 0 heterocycles. The van der Waals surface area contributed by atoms with Crippen molar-refractivity contribution in [1.82, 2.24) is 0 Å². The molecule has 124 valence electrons. The van der Waals surface area contributed by atoms with Crippen LogP contribution in [0.25, 0.3) is 11.1 Å². The minimum absolute atomic E-state index is 0.0219. The fourth-order valence-corrected chi connectivity index (χ4v) is 3.07. The molecule has 0 amide bonds. The van der Waals surface area contributed by atoms with E-state index in [0.29, 0.717) is 5.56 Å². The minimum Gasteiger partial charge on any atom is -0.465 e. The number of fused-ring (bicyclic) bond motifs is 1. The summed E-state index contributed by atoms with van der Waals surface area (Å²) in [6.07, 6.45) is 1.90. The first-order valence-corrected chi connectivity index (χ1v) is 8.07. The number of methoxy groups -OCH3 is 1. The zero-order valence-corrected chi connectivity index (χ0v) is 14.2. The van der Waals surface area contributed by atoms with E-state index >= 15 is 0 Å². The van der Waals surface area contributed by atoms with Crippen LogP contribution in [0, 0.1) is 0 Å². The van der Waals surface area contributed by atoms with Crippen LogP contribution in [0.15, 0.2) is 47.6 Å². The van der Waals surface area contributed by atoms with E-state index in [0.717, 1.165) is 29.7 Å². The Bertz CT molecular complexity index is 774. The number of hydrogen-bond acceptors (Lipinski definition) is 4. The highest BCUT2D eigenvalue weighted by Gasteiger charge is 2.27. The second-order valence-electron chi connectivity index (χ2n) is 6.12. The second kappa shape index (κ2) is 6.87. The Morgan fingerprint density at radius 1 is 1.12 bits per heavy atom. The normalized spacial score (nSPS) is 15.5. The third kappa shape index (κ3) is 3.18. The Balaban J connectivity index is 1.96. The standard InChI is InChI=1S/C20H21NO3/c1-13(2)21-24-18-12-11-15-5-4-6-17(19(15)18)14-7-9-16(10-8-14)20(22)23-3/h4-10,18H,11-12H2,1-3H3. The third-order valence-corrected chi connectivity index (χ3v) is 4.17. The predicted molar refractivity (Wildman–Crippen MR) is 94.1 cm³/mol. The molecule has 0 aromatic heterocycles. The molecule has 1 unspecified atom stereocenters. The Labute approximate surface area is 142 Å². The molecule has 0 spiro atoms. The van der Waals surface area contributed by atoms with E-state index in [1.807, 2.05) is 26.0 Å². The summed E-state index contributed by atoms with van der Waals surface area (Å²) in [5.74, 6) is -0.325. The van der Waals surface area contributed by atoms with Gasteiger partial charge < -0.3 is 9.57 Å².